The summed E-state index contributed by atoms with van der Waals surface area (Å²) in [6.45, 7) is 6.50. The molecule has 1 aromatic carbocycles. The van der Waals surface area contributed by atoms with Gasteiger partial charge in [-0.2, -0.15) is 0 Å². The summed E-state index contributed by atoms with van der Waals surface area (Å²) in [5.41, 5.74) is 1.07. The average molecular weight is 277 g/mol. The number of benzene rings is 1. The van der Waals surface area contributed by atoms with Crippen LogP contribution in [0.4, 0.5) is 5.69 Å². The molecule has 0 unspecified atom stereocenters. The summed E-state index contributed by atoms with van der Waals surface area (Å²) < 4.78 is 12.3. The molecule has 2 aliphatic heterocycles. The molecular formula is C14H17N2O4+. The van der Waals surface area contributed by atoms with Gasteiger partial charge in [-0.15, -0.1) is 0 Å². The maximum atomic E-state index is 10.7. The molecule has 0 spiro atoms. The van der Waals surface area contributed by atoms with Gasteiger partial charge >= 0.3 is 0 Å². The molecule has 0 N–H and O–H groups in total. The molecule has 0 saturated carbocycles. The van der Waals surface area contributed by atoms with Crippen molar-refractivity contribution < 1.29 is 18.9 Å². The van der Waals surface area contributed by atoms with E-state index in [2.05, 4.69) is 6.58 Å². The Kier molecular flexibility index (Phi) is 3.29. The number of rotatable bonds is 4. The maximum Gasteiger partial charge on any atom is 0.269 e. The van der Waals surface area contributed by atoms with Gasteiger partial charge in [0.25, 0.3) is 5.69 Å². The van der Waals surface area contributed by atoms with Crippen LogP contribution in [0.1, 0.15) is 11.7 Å². The van der Waals surface area contributed by atoms with Crippen molar-refractivity contribution >= 4 is 5.69 Å². The lowest BCUT2D eigenvalue weighted by atomic mass is 10.0. The molecule has 2 heterocycles. The van der Waals surface area contributed by atoms with Crippen molar-refractivity contribution in [1.82, 2.24) is 0 Å². The lowest BCUT2D eigenvalue weighted by Crippen LogP contribution is -2.49. The van der Waals surface area contributed by atoms with Crippen molar-refractivity contribution in [2.75, 3.05) is 26.6 Å². The van der Waals surface area contributed by atoms with Gasteiger partial charge in [0.05, 0.1) is 4.92 Å². The van der Waals surface area contributed by atoms with E-state index in [1.807, 2.05) is 6.08 Å². The van der Waals surface area contributed by atoms with Crippen molar-refractivity contribution in [3.63, 3.8) is 0 Å². The van der Waals surface area contributed by atoms with Gasteiger partial charge in [0.1, 0.15) is 25.3 Å². The Morgan fingerprint density at radius 1 is 1.40 bits per heavy atom. The summed E-state index contributed by atoms with van der Waals surface area (Å²) in [7, 11) is 0. The Balaban J connectivity index is 1.84. The zero-order chi connectivity index (χ0) is 14.2. The van der Waals surface area contributed by atoms with E-state index < -0.39 is 4.92 Å². The van der Waals surface area contributed by atoms with Crippen LogP contribution in [-0.2, 0) is 9.47 Å². The van der Waals surface area contributed by atoms with Gasteiger partial charge in [-0.25, -0.2) is 0 Å². The zero-order valence-electron chi connectivity index (χ0n) is 11.1. The van der Waals surface area contributed by atoms with Gasteiger partial charge in [-0.1, -0.05) is 6.58 Å². The number of non-ortho nitro benzene ring substituents is 1. The van der Waals surface area contributed by atoms with Crippen LogP contribution in [-0.4, -0.2) is 42.1 Å². The summed E-state index contributed by atoms with van der Waals surface area (Å²) in [5.74, 6) is 0. The highest BCUT2D eigenvalue weighted by atomic mass is 16.6. The predicted octanol–water partition coefficient (Wildman–Crippen LogP) is 1.98. The largest absolute Gasteiger partial charge is 0.325 e. The first-order valence-electron chi connectivity index (χ1n) is 6.57. The number of hydrogen-bond acceptors (Lipinski definition) is 4. The predicted molar refractivity (Wildman–Crippen MR) is 71.7 cm³/mol. The van der Waals surface area contributed by atoms with Gasteiger partial charge in [-0.3, -0.25) is 14.6 Å². The second kappa shape index (κ2) is 4.97. The van der Waals surface area contributed by atoms with E-state index in [9.17, 15) is 10.1 Å². The highest BCUT2D eigenvalue weighted by Gasteiger charge is 2.53. The number of nitro benzene ring substituents is 1. The molecule has 0 bridgehead atoms. The molecule has 2 aliphatic rings. The molecule has 20 heavy (non-hydrogen) atoms. The lowest BCUT2D eigenvalue weighted by molar-refractivity contribution is -0.938. The van der Waals surface area contributed by atoms with E-state index in [4.69, 9.17) is 9.47 Å². The third-order valence-electron chi connectivity index (χ3n) is 4.13. The van der Waals surface area contributed by atoms with Crippen molar-refractivity contribution in [3.8, 4) is 0 Å². The SMILES string of the molecule is C=CC[N@+]12COC[C@@H]1[C@H](c1ccc([N+](=O)[O-])cc1)OC2. The Morgan fingerprint density at radius 2 is 2.15 bits per heavy atom. The van der Waals surface area contributed by atoms with Gasteiger partial charge < -0.3 is 9.47 Å². The zero-order valence-corrected chi connectivity index (χ0v) is 11.1. The minimum atomic E-state index is -0.393. The minimum Gasteiger partial charge on any atom is -0.325 e. The summed E-state index contributed by atoms with van der Waals surface area (Å²) in [6.07, 6.45) is 1.82. The highest BCUT2D eigenvalue weighted by molar-refractivity contribution is 5.34. The first-order valence-corrected chi connectivity index (χ1v) is 6.57. The fourth-order valence-corrected chi connectivity index (χ4v) is 3.06. The normalized spacial score (nSPS) is 32.0. The van der Waals surface area contributed by atoms with E-state index in [1.54, 1.807) is 12.1 Å². The van der Waals surface area contributed by atoms with Crippen LogP contribution >= 0.6 is 0 Å². The van der Waals surface area contributed by atoms with E-state index in [0.29, 0.717) is 20.1 Å². The van der Waals surface area contributed by atoms with Crippen LogP contribution in [0.15, 0.2) is 36.9 Å². The van der Waals surface area contributed by atoms with Crippen LogP contribution in [0, 0.1) is 10.1 Å². The highest BCUT2D eigenvalue weighted by Crippen LogP contribution is 2.40. The molecule has 0 radical (unpaired) electrons. The van der Waals surface area contributed by atoms with Gasteiger partial charge in [0.15, 0.2) is 13.5 Å². The molecule has 1 aromatic rings. The molecule has 0 amide bonds. The van der Waals surface area contributed by atoms with Gasteiger partial charge in [0.2, 0.25) is 0 Å². The average Bonchev–Trinajstić information content (AvgIpc) is 2.97. The van der Waals surface area contributed by atoms with E-state index >= 15 is 0 Å². The molecule has 0 aromatic heterocycles. The monoisotopic (exact) mass is 277 g/mol. The molecule has 3 atom stereocenters. The molecule has 6 nitrogen and oxygen atoms in total. The molecule has 3 rings (SSSR count). The Morgan fingerprint density at radius 3 is 2.80 bits per heavy atom. The summed E-state index contributed by atoms with van der Waals surface area (Å²) in [6, 6.07) is 6.82. The third-order valence-corrected chi connectivity index (χ3v) is 4.13. The first-order chi connectivity index (χ1) is 9.66. The van der Waals surface area contributed by atoms with Crippen LogP contribution in [0.3, 0.4) is 0 Å². The molecule has 2 saturated heterocycles. The number of nitro groups is 1. The Hall–Kier alpha value is -1.76. The van der Waals surface area contributed by atoms with Crippen molar-refractivity contribution in [2.24, 2.45) is 0 Å². The Labute approximate surface area is 116 Å². The van der Waals surface area contributed by atoms with Crippen molar-refractivity contribution in [3.05, 3.63) is 52.6 Å². The third kappa shape index (κ3) is 2.02. The minimum absolute atomic E-state index is 0.0711. The Bertz CT molecular complexity index is 530. The fraction of sp³-hybridized carbons (Fsp3) is 0.429. The molecule has 6 heteroatoms. The summed E-state index contributed by atoms with van der Waals surface area (Å²) >= 11 is 0. The van der Waals surface area contributed by atoms with E-state index in [1.165, 1.54) is 12.1 Å². The number of ether oxygens (including phenoxy) is 2. The molecular weight excluding hydrogens is 260 g/mol. The molecule has 0 aliphatic carbocycles. The number of quaternary nitrogens is 1. The van der Waals surface area contributed by atoms with E-state index in [0.717, 1.165) is 16.6 Å². The second-order valence-electron chi connectivity index (χ2n) is 5.32. The van der Waals surface area contributed by atoms with E-state index in [-0.39, 0.29) is 17.8 Å². The first kappa shape index (κ1) is 13.2. The maximum absolute atomic E-state index is 10.7. The van der Waals surface area contributed by atoms with Crippen molar-refractivity contribution in [2.45, 2.75) is 12.1 Å². The fourth-order valence-electron chi connectivity index (χ4n) is 3.06. The smallest absolute Gasteiger partial charge is 0.269 e. The standard InChI is InChI=1S/C14H17N2O4/c1-2-7-16-9-19-8-13(16)14(20-10-16)11-3-5-12(6-4-11)15(17)18/h2-6,13-14H,1,7-10H2/q+1/t13-,14+,16-/m1/s1. The number of nitrogens with zero attached hydrogens (tertiary/aromatic N) is 2. The number of hydrogen-bond donors (Lipinski definition) is 0. The topological polar surface area (TPSA) is 61.6 Å². The van der Waals surface area contributed by atoms with Crippen LogP contribution in [0.2, 0.25) is 0 Å². The summed E-state index contributed by atoms with van der Waals surface area (Å²) in [4.78, 5) is 10.3. The van der Waals surface area contributed by atoms with Gasteiger partial charge in [-0.05, 0) is 23.8 Å². The summed E-state index contributed by atoms with van der Waals surface area (Å²) in [5, 5.41) is 10.7. The van der Waals surface area contributed by atoms with Crippen LogP contribution in [0.25, 0.3) is 0 Å². The van der Waals surface area contributed by atoms with Gasteiger partial charge in [0, 0.05) is 12.1 Å². The van der Waals surface area contributed by atoms with Crippen LogP contribution in [0.5, 0.6) is 0 Å². The lowest BCUT2D eigenvalue weighted by Gasteiger charge is -2.29. The quantitative estimate of drug-likeness (QED) is 0.365. The molecule has 2 fully saturated rings. The molecule has 106 valence electrons. The second-order valence-corrected chi connectivity index (χ2v) is 5.32. The van der Waals surface area contributed by atoms with Crippen molar-refractivity contribution in [1.29, 1.82) is 0 Å². The number of fused-ring (bicyclic) bond motifs is 1. The van der Waals surface area contributed by atoms with Crippen LogP contribution < -0.4 is 0 Å².